The minimum absolute atomic E-state index is 0.308. The monoisotopic (exact) mass is 199 g/mol. The summed E-state index contributed by atoms with van der Waals surface area (Å²) in [5.41, 5.74) is 1.02. The Morgan fingerprint density at radius 2 is 2.31 bits per heavy atom. The molecule has 0 spiro atoms. The van der Waals surface area contributed by atoms with Gasteiger partial charge in [-0.05, 0) is 22.3 Å². The van der Waals surface area contributed by atoms with Gasteiger partial charge in [0.1, 0.15) is 5.75 Å². The predicted octanol–water partition coefficient (Wildman–Crippen LogP) is 1.97. The SMILES string of the molecule is COc1cccc(CC[P+](=O)O)c1. The summed E-state index contributed by atoms with van der Waals surface area (Å²) in [6, 6.07) is 7.52. The fourth-order valence-corrected chi connectivity index (χ4v) is 1.50. The molecule has 0 fully saturated rings. The third-order valence-electron chi connectivity index (χ3n) is 1.73. The molecule has 0 aliphatic heterocycles. The zero-order chi connectivity index (χ0) is 9.68. The van der Waals surface area contributed by atoms with Crippen LogP contribution >= 0.6 is 8.03 Å². The molecule has 1 rings (SSSR count). The molecule has 1 N–H and O–H groups in total. The maximum absolute atomic E-state index is 10.4. The van der Waals surface area contributed by atoms with E-state index in [0.717, 1.165) is 11.3 Å². The third-order valence-corrected chi connectivity index (χ3v) is 2.33. The summed E-state index contributed by atoms with van der Waals surface area (Å²) in [5.74, 6) is 0.783. The lowest BCUT2D eigenvalue weighted by Crippen LogP contribution is -1.89. The van der Waals surface area contributed by atoms with Gasteiger partial charge >= 0.3 is 8.03 Å². The van der Waals surface area contributed by atoms with E-state index in [1.165, 1.54) is 0 Å². The molecule has 0 aromatic heterocycles. The van der Waals surface area contributed by atoms with Crippen molar-refractivity contribution in [3.05, 3.63) is 29.8 Å². The van der Waals surface area contributed by atoms with Crippen molar-refractivity contribution in [1.29, 1.82) is 0 Å². The van der Waals surface area contributed by atoms with Crippen LogP contribution in [0.2, 0.25) is 0 Å². The first-order chi connectivity index (χ1) is 6.22. The van der Waals surface area contributed by atoms with Crippen LogP contribution in [0.4, 0.5) is 0 Å². The van der Waals surface area contributed by atoms with Crippen LogP contribution in [0, 0.1) is 0 Å². The summed E-state index contributed by atoms with van der Waals surface area (Å²) in [6.07, 6.45) is 0.922. The van der Waals surface area contributed by atoms with E-state index < -0.39 is 8.03 Å². The van der Waals surface area contributed by atoms with Crippen LogP contribution in [-0.4, -0.2) is 18.2 Å². The first-order valence-corrected chi connectivity index (χ1v) is 5.38. The summed E-state index contributed by atoms with van der Waals surface area (Å²) in [5, 5.41) is 0. The van der Waals surface area contributed by atoms with Crippen LogP contribution in [-0.2, 0) is 11.0 Å². The van der Waals surface area contributed by atoms with E-state index >= 15 is 0 Å². The second-order valence-electron chi connectivity index (χ2n) is 2.68. The Balaban J connectivity index is 2.61. The summed E-state index contributed by atoms with van der Waals surface area (Å²) in [4.78, 5) is 8.62. The van der Waals surface area contributed by atoms with Crippen molar-refractivity contribution in [2.75, 3.05) is 13.3 Å². The molecule has 1 aromatic carbocycles. The van der Waals surface area contributed by atoms with Gasteiger partial charge in [0, 0.05) is 6.42 Å². The van der Waals surface area contributed by atoms with Gasteiger partial charge in [0.25, 0.3) is 0 Å². The van der Waals surface area contributed by atoms with Crippen molar-refractivity contribution < 1.29 is 14.2 Å². The normalized spacial score (nSPS) is 11.1. The molecule has 1 atom stereocenters. The summed E-state index contributed by atoms with van der Waals surface area (Å²) < 4.78 is 15.5. The Bertz CT molecular complexity index is 299. The molecule has 3 nitrogen and oxygen atoms in total. The molecular formula is C9H12O3P+. The van der Waals surface area contributed by atoms with Crippen LogP contribution < -0.4 is 4.74 Å². The number of hydrogen-bond acceptors (Lipinski definition) is 2. The van der Waals surface area contributed by atoms with E-state index in [1.54, 1.807) is 7.11 Å². The molecule has 13 heavy (non-hydrogen) atoms. The Kier molecular flexibility index (Phi) is 3.87. The molecule has 1 unspecified atom stereocenters. The van der Waals surface area contributed by atoms with Crippen molar-refractivity contribution in [2.24, 2.45) is 0 Å². The van der Waals surface area contributed by atoms with Gasteiger partial charge in [0.15, 0.2) is 6.16 Å². The van der Waals surface area contributed by atoms with Gasteiger partial charge in [-0.15, -0.1) is 0 Å². The van der Waals surface area contributed by atoms with Gasteiger partial charge in [-0.1, -0.05) is 12.1 Å². The fourth-order valence-electron chi connectivity index (χ4n) is 1.05. The highest BCUT2D eigenvalue weighted by atomic mass is 31.1. The lowest BCUT2D eigenvalue weighted by molar-refractivity contribution is 0.414. The molecular weight excluding hydrogens is 187 g/mol. The van der Waals surface area contributed by atoms with Crippen molar-refractivity contribution in [3.63, 3.8) is 0 Å². The highest BCUT2D eigenvalue weighted by Gasteiger charge is 2.09. The number of ether oxygens (including phenoxy) is 1. The Morgan fingerprint density at radius 3 is 2.92 bits per heavy atom. The number of hydrogen-bond donors (Lipinski definition) is 1. The van der Waals surface area contributed by atoms with Crippen LogP contribution in [0.25, 0.3) is 0 Å². The molecule has 0 saturated carbocycles. The maximum Gasteiger partial charge on any atom is 0.505 e. The van der Waals surface area contributed by atoms with Gasteiger partial charge in [0.05, 0.1) is 7.11 Å². The van der Waals surface area contributed by atoms with Gasteiger partial charge in [-0.25, -0.2) is 0 Å². The molecule has 0 aliphatic rings. The van der Waals surface area contributed by atoms with Crippen molar-refractivity contribution in [3.8, 4) is 5.75 Å². The molecule has 0 saturated heterocycles. The van der Waals surface area contributed by atoms with E-state index in [2.05, 4.69) is 0 Å². The molecule has 4 heteroatoms. The molecule has 0 heterocycles. The Labute approximate surface area is 78.2 Å². The lowest BCUT2D eigenvalue weighted by Gasteiger charge is -2.00. The summed E-state index contributed by atoms with van der Waals surface area (Å²) in [6.45, 7) is 0. The zero-order valence-corrected chi connectivity index (χ0v) is 8.33. The second-order valence-corrected chi connectivity index (χ2v) is 3.83. The van der Waals surface area contributed by atoms with E-state index in [1.807, 2.05) is 24.3 Å². The highest BCUT2D eigenvalue weighted by molar-refractivity contribution is 7.37. The average molecular weight is 199 g/mol. The van der Waals surface area contributed by atoms with Gasteiger partial charge in [0.2, 0.25) is 0 Å². The maximum atomic E-state index is 10.4. The molecule has 1 aromatic rings. The second kappa shape index (κ2) is 4.95. The highest BCUT2D eigenvalue weighted by Crippen LogP contribution is 2.18. The van der Waals surface area contributed by atoms with Gasteiger partial charge in [-0.2, -0.15) is 4.89 Å². The molecule has 0 radical (unpaired) electrons. The van der Waals surface area contributed by atoms with Crippen molar-refractivity contribution in [2.45, 2.75) is 6.42 Å². The van der Waals surface area contributed by atoms with E-state index in [-0.39, 0.29) is 0 Å². The standard InChI is InChI=1S/C9H11O3P/c1-12-9-4-2-3-8(7-9)5-6-13(10)11/h2-4,7H,5-6H2,1H3/p+1. The van der Waals surface area contributed by atoms with Crippen LogP contribution in [0.1, 0.15) is 5.56 Å². The van der Waals surface area contributed by atoms with Crippen LogP contribution in [0.15, 0.2) is 24.3 Å². The van der Waals surface area contributed by atoms with E-state index in [0.29, 0.717) is 12.6 Å². The van der Waals surface area contributed by atoms with Gasteiger partial charge in [-0.3, -0.25) is 0 Å². The van der Waals surface area contributed by atoms with Crippen molar-refractivity contribution >= 4 is 8.03 Å². The summed E-state index contributed by atoms with van der Waals surface area (Å²) >= 11 is 0. The fraction of sp³-hybridized carbons (Fsp3) is 0.333. The van der Waals surface area contributed by atoms with Crippen LogP contribution in [0.5, 0.6) is 5.75 Å². The Hall–Kier alpha value is -0.920. The van der Waals surface area contributed by atoms with Crippen molar-refractivity contribution in [1.82, 2.24) is 0 Å². The van der Waals surface area contributed by atoms with E-state index in [4.69, 9.17) is 9.63 Å². The smallest absolute Gasteiger partial charge is 0.497 e. The Morgan fingerprint density at radius 1 is 1.54 bits per heavy atom. The number of aryl methyl sites for hydroxylation is 1. The average Bonchev–Trinajstić information content (AvgIpc) is 2.15. The first kappa shape index (κ1) is 10.2. The summed E-state index contributed by atoms with van der Waals surface area (Å²) in [7, 11) is -0.426. The topological polar surface area (TPSA) is 46.5 Å². The lowest BCUT2D eigenvalue weighted by atomic mass is 10.2. The quantitative estimate of drug-likeness (QED) is 0.754. The molecule has 0 aliphatic carbocycles. The van der Waals surface area contributed by atoms with Crippen LogP contribution in [0.3, 0.4) is 0 Å². The van der Waals surface area contributed by atoms with E-state index in [9.17, 15) is 4.57 Å². The predicted molar refractivity (Wildman–Crippen MR) is 51.4 cm³/mol. The third kappa shape index (κ3) is 3.53. The minimum atomic E-state index is -2.03. The molecule has 0 bridgehead atoms. The van der Waals surface area contributed by atoms with Gasteiger partial charge < -0.3 is 4.74 Å². The number of rotatable bonds is 4. The minimum Gasteiger partial charge on any atom is -0.497 e. The number of methoxy groups -OCH3 is 1. The molecule has 0 amide bonds. The first-order valence-electron chi connectivity index (χ1n) is 3.99. The molecule has 70 valence electrons. The number of benzene rings is 1. The zero-order valence-electron chi connectivity index (χ0n) is 7.43. The largest absolute Gasteiger partial charge is 0.505 e.